The first-order valence-electron chi connectivity index (χ1n) is 7.10. The second kappa shape index (κ2) is 5.18. The summed E-state index contributed by atoms with van der Waals surface area (Å²) in [5, 5.41) is 18.7. The zero-order valence-corrected chi connectivity index (χ0v) is 11.1. The summed E-state index contributed by atoms with van der Waals surface area (Å²) in [4.78, 5) is 6.92. The van der Waals surface area contributed by atoms with Gasteiger partial charge in [0.2, 0.25) is 0 Å². The lowest BCUT2D eigenvalue weighted by atomic mass is 9.98. The highest BCUT2D eigenvalue weighted by Crippen LogP contribution is 2.29. The van der Waals surface area contributed by atoms with Crippen LogP contribution in [0.2, 0.25) is 0 Å². The molecule has 1 aliphatic carbocycles. The molecule has 1 fully saturated rings. The molecule has 1 unspecified atom stereocenters. The van der Waals surface area contributed by atoms with E-state index in [2.05, 4.69) is 11.0 Å². The van der Waals surface area contributed by atoms with Crippen molar-refractivity contribution in [3.63, 3.8) is 0 Å². The number of fused-ring (bicyclic) bond motifs is 1. The molecule has 1 saturated heterocycles. The van der Waals surface area contributed by atoms with E-state index in [0.717, 1.165) is 51.0 Å². The first-order chi connectivity index (χ1) is 9.31. The smallest absolute Gasteiger partial charge is 0.146 e. The van der Waals surface area contributed by atoms with Crippen LogP contribution in [0.3, 0.4) is 0 Å². The first-order valence-corrected chi connectivity index (χ1v) is 7.10. The number of hydrogen-bond donors (Lipinski definition) is 1. The molecular weight excluding hydrogens is 238 g/mol. The van der Waals surface area contributed by atoms with Crippen LogP contribution in [-0.4, -0.2) is 29.8 Å². The van der Waals surface area contributed by atoms with Gasteiger partial charge in [-0.3, -0.25) is 0 Å². The van der Waals surface area contributed by atoms with Crippen LogP contribution in [0, 0.1) is 17.2 Å². The third-order valence-corrected chi connectivity index (χ3v) is 4.23. The van der Waals surface area contributed by atoms with E-state index >= 15 is 0 Å². The third kappa shape index (κ3) is 2.31. The predicted molar refractivity (Wildman–Crippen MR) is 73.0 cm³/mol. The molecule has 4 nitrogen and oxygen atoms in total. The van der Waals surface area contributed by atoms with Crippen LogP contribution < -0.4 is 4.90 Å². The van der Waals surface area contributed by atoms with Crippen molar-refractivity contribution >= 4 is 5.82 Å². The van der Waals surface area contributed by atoms with Crippen LogP contribution in [-0.2, 0) is 12.8 Å². The van der Waals surface area contributed by atoms with Gasteiger partial charge in [0.1, 0.15) is 11.9 Å². The minimum atomic E-state index is 0.226. The number of anilines is 1. The second-order valence-electron chi connectivity index (χ2n) is 5.57. The van der Waals surface area contributed by atoms with Gasteiger partial charge in [-0.2, -0.15) is 5.26 Å². The number of rotatable bonds is 2. The highest BCUT2D eigenvalue weighted by Gasteiger charge is 2.24. The van der Waals surface area contributed by atoms with E-state index in [9.17, 15) is 10.4 Å². The number of aliphatic hydroxyl groups is 1. The lowest BCUT2D eigenvalue weighted by Gasteiger charge is -2.33. The average molecular weight is 257 g/mol. The summed E-state index contributed by atoms with van der Waals surface area (Å²) < 4.78 is 0. The number of piperidine rings is 1. The van der Waals surface area contributed by atoms with Crippen molar-refractivity contribution in [2.45, 2.75) is 32.1 Å². The first kappa shape index (κ1) is 12.4. The number of nitriles is 1. The van der Waals surface area contributed by atoms with Gasteiger partial charge in [-0.05, 0) is 49.7 Å². The molecule has 1 atom stereocenters. The summed E-state index contributed by atoms with van der Waals surface area (Å²) >= 11 is 0. The Morgan fingerprint density at radius 1 is 1.42 bits per heavy atom. The van der Waals surface area contributed by atoms with Gasteiger partial charge in [-0.15, -0.1) is 0 Å². The fraction of sp³-hybridized carbons (Fsp3) is 0.600. The maximum Gasteiger partial charge on any atom is 0.146 e. The molecule has 2 heterocycles. The van der Waals surface area contributed by atoms with E-state index in [4.69, 9.17) is 4.98 Å². The summed E-state index contributed by atoms with van der Waals surface area (Å²) in [7, 11) is 0. The highest BCUT2D eigenvalue weighted by molar-refractivity contribution is 5.57. The van der Waals surface area contributed by atoms with E-state index in [1.165, 1.54) is 11.3 Å². The van der Waals surface area contributed by atoms with Gasteiger partial charge in [-0.1, -0.05) is 0 Å². The van der Waals surface area contributed by atoms with E-state index in [1.807, 2.05) is 6.07 Å². The van der Waals surface area contributed by atoms with Crippen molar-refractivity contribution in [3.05, 3.63) is 22.9 Å². The van der Waals surface area contributed by atoms with Gasteiger partial charge in [0.25, 0.3) is 0 Å². The van der Waals surface area contributed by atoms with Crippen molar-refractivity contribution < 1.29 is 5.11 Å². The van der Waals surface area contributed by atoms with Crippen molar-refractivity contribution in [1.82, 2.24) is 4.98 Å². The molecule has 1 aliphatic heterocycles. The molecule has 0 radical (unpaired) electrons. The second-order valence-corrected chi connectivity index (χ2v) is 5.57. The molecule has 2 aliphatic rings. The highest BCUT2D eigenvalue weighted by atomic mass is 16.3. The van der Waals surface area contributed by atoms with E-state index in [0.29, 0.717) is 11.5 Å². The molecule has 0 amide bonds. The number of aromatic nitrogens is 1. The van der Waals surface area contributed by atoms with Gasteiger partial charge in [0.15, 0.2) is 0 Å². The fourth-order valence-corrected chi connectivity index (χ4v) is 3.19. The number of pyridine rings is 1. The number of nitrogens with zero attached hydrogens (tertiary/aromatic N) is 3. The van der Waals surface area contributed by atoms with Crippen LogP contribution in [0.1, 0.15) is 36.1 Å². The topological polar surface area (TPSA) is 60.2 Å². The molecule has 19 heavy (non-hydrogen) atoms. The van der Waals surface area contributed by atoms with Crippen LogP contribution in [0.15, 0.2) is 6.07 Å². The molecule has 3 rings (SSSR count). The quantitative estimate of drug-likeness (QED) is 0.875. The summed E-state index contributed by atoms with van der Waals surface area (Å²) in [5.41, 5.74) is 3.11. The Morgan fingerprint density at radius 3 is 3.11 bits per heavy atom. The number of hydrogen-bond acceptors (Lipinski definition) is 4. The van der Waals surface area contributed by atoms with Crippen LogP contribution in [0.25, 0.3) is 0 Å². The van der Waals surface area contributed by atoms with Gasteiger partial charge in [0.05, 0.1) is 5.56 Å². The standard InChI is InChI=1S/C15H19N3O/c16-8-13-7-12-4-1-5-14(12)17-15(13)18-6-2-3-11(9-18)10-19/h7,11,19H,1-6,9-10H2. The van der Waals surface area contributed by atoms with Crippen LogP contribution >= 0.6 is 0 Å². The largest absolute Gasteiger partial charge is 0.396 e. The van der Waals surface area contributed by atoms with E-state index < -0.39 is 0 Å². The maximum atomic E-state index is 9.34. The average Bonchev–Trinajstić information content (AvgIpc) is 2.93. The Balaban J connectivity index is 1.93. The molecule has 100 valence electrons. The summed E-state index contributed by atoms with van der Waals surface area (Å²) in [6.07, 6.45) is 5.37. The fourth-order valence-electron chi connectivity index (χ4n) is 3.19. The Bertz CT molecular complexity index is 521. The Morgan fingerprint density at radius 2 is 2.32 bits per heavy atom. The van der Waals surface area contributed by atoms with Crippen molar-refractivity contribution in [1.29, 1.82) is 5.26 Å². The normalized spacial score (nSPS) is 22.1. The SMILES string of the molecule is N#Cc1cc2c(nc1N1CCCC(CO)C1)CCC2. The summed E-state index contributed by atoms with van der Waals surface area (Å²) in [5.74, 6) is 1.15. The zero-order valence-electron chi connectivity index (χ0n) is 11.1. The maximum absolute atomic E-state index is 9.34. The van der Waals surface area contributed by atoms with Crippen molar-refractivity contribution in [3.8, 4) is 6.07 Å². The predicted octanol–water partition coefficient (Wildman–Crippen LogP) is 1.65. The summed E-state index contributed by atoms with van der Waals surface area (Å²) in [6, 6.07) is 4.31. The third-order valence-electron chi connectivity index (χ3n) is 4.23. The van der Waals surface area contributed by atoms with Crippen molar-refractivity contribution in [2.24, 2.45) is 5.92 Å². The monoisotopic (exact) mass is 257 g/mol. The molecular formula is C15H19N3O. The van der Waals surface area contributed by atoms with E-state index in [1.54, 1.807) is 0 Å². The molecule has 0 bridgehead atoms. The number of aryl methyl sites for hydroxylation is 2. The Labute approximate surface area is 113 Å². The minimum Gasteiger partial charge on any atom is -0.396 e. The Kier molecular flexibility index (Phi) is 3.39. The lowest BCUT2D eigenvalue weighted by Crippen LogP contribution is -2.37. The molecule has 1 N–H and O–H groups in total. The number of aliphatic hydroxyl groups excluding tert-OH is 1. The van der Waals surface area contributed by atoms with Gasteiger partial charge in [-0.25, -0.2) is 4.98 Å². The Hall–Kier alpha value is -1.60. The minimum absolute atomic E-state index is 0.226. The summed E-state index contributed by atoms with van der Waals surface area (Å²) in [6.45, 7) is 1.98. The molecule has 0 aromatic carbocycles. The van der Waals surface area contributed by atoms with Gasteiger partial charge < -0.3 is 10.0 Å². The molecule has 0 saturated carbocycles. The van der Waals surface area contributed by atoms with Gasteiger partial charge >= 0.3 is 0 Å². The van der Waals surface area contributed by atoms with E-state index in [-0.39, 0.29) is 6.61 Å². The zero-order chi connectivity index (χ0) is 13.2. The van der Waals surface area contributed by atoms with Gasteiger partial charge in [0, 0.05) is 25.4 Å². The van der Waals surface area contributed by atoms with Crippen LogP contribution in [0.5, 0.6) is 0 Å². The molecule has 1 aromatic rings. The van der Waals surface area contributed by atoms with Crippen LogP contribution in [0.4, 0.5) is 5.82 Å². The molecule has 0 spiro atoms. The molecule has 4 heteroatoms. The van der Waals surface area contributed by atoms with Crippen molar-refractivity contribution in [2.75, 3.05) is 24.6 Å². The molecule has 1 aromatic heterocycles. The lowest BCUT2D eigenvalue weighted by molar-refractivity contribution is 0.208.